The van der Waals surface area contributed by atoms with Crippen LogP contribution >= 0.6 is 11.3 Å². The maximum Gasteiger partial charge on any atom is 0.251 e. The largest absolute Gasteiger partial charge is 0.311 e. The van der Waals surface area contributed by atoms with Gasteiger partial charge < -0.3 is 4.98 Å². The Morgan fingerprint density at radius 2 is 2.43 bits per heavy atom. The lowest BCUT2D eigenvalue weighted by Gasteiger charge is -1.99. The first-order valence-electron chi connectivity index (χ1n) is 4.42. The van der Waals surface area contributed by atoms with Crippen molar-refractivity contribution in [3.05, 3.63) is 39.1 Å². The average molecular weight is 206 g/mol. The van der Waals surface area contributed by atoms with Gasteiger partial charge in [0.15, 0.2) is 0 Å². The lowest BCUT2D eigenvalue weighted by molar-refractivity contribution is 0.924. The van der Waals surface area contributed by atoms with E-state index in [0.717, 1.165) is 23.5 Å². The number of nitrogens with zero attached hydrogens (tertiary/aromatic N) is 1. The quantitative estimate of drug-likeness (QED) is 0.817. The van der Waals surface area contributed by atoms with Crippen LogP contribution < -0.4 is 5.56 Å². The fourth-order valence-electron chi connectivity index (χ4n) is 1.23. The number of hydrogen-bond donors (Lipinski definition) is 1. The van der Waals surface area contributed by atoms with Crippen molar-refractivity contribution < 1.29 is 0 Å². The van der Waals surface area contributed by atoms with Crippen LogP contribution in [0.2, 0.25) is 0 Å². The molecule has 0 amide bonds. The van der Waals surface area contributed by atoms with Gasteiger partial charge in [0.1, 0.15) is 5.82 Å². The molecular weight excluding hydrogens is 196 g/mol. The van der Waals surface area contributed by atoms with Crippen LogP contribution in [0.15, 0.2) is 27.7 Å². The van der Waals surface area contributed by atoms with Crippen molar-refractivity contribution in [1.29, 1.82) is 0 Å². The standard InChI is InChI=1S/C10H10N2OS/c1-2-9-11-8(5-10(13)12-9)7-3-4-14-6-7/h3-6H,2H2,1H3,(H,11,12,13). The number of nitrogens with one attached hydrogen (secondary N) is 1. The summed E-state index contributed by atoms with van der Waals surface area (Å²) in [4.78, 5) is 18.3. The minimum absolute atomic E-state index is 0.0851. The van der Waals surface area contributed by atoms with E-state index in [-0.39, 0.29) is 5.56 Å². The van der Waals surface area contributed by atoms with Crippen molar-refractivity contribution in [1.82, 2.24) is 9.97 Å². The number of H-pyrrole nitrogens is 1. The topological polar surface area (TPSA) is 45.8 Å². The predicted octanol–water partition coefficient (Wildman–Crippen LogP) is 2.06. The molecular formula is C10H10N2OS. The van der Waals surface area contributed by atoms with Gasteiger partial charge >= 0.3 is 0 Å². The van der Waals surface area contributed by atoms with Gasteiger partial charge in [-0.2, -0.15) is 11.3 Å². The van der Waals surface area contributed by atoms with Gasteiger partial charge in [0.2, 0.25) is 0 Å². The van der Waals surface area contributed by atoms with Gasteiger partial charge in [-0.25, -0.2) is 4.98 Å². The van der Waals surface area contributed by atoms with Gasteiger partial charge in [0.05, 0.1) is 5.69 Å². The summed E-state index contributed by atoms with van der Waals surface area (Å²) in [7, 11) is 0. The second-order valence-electron chi connectivity index (χ2n) is 2.94. The van der Waals surface area contributed by atoms with Gasteiger partial charge in [-0.1, -0.05) is 6.92 Å². The zero-order valence-electron chi connectivity index (χ0n) is 7.78. The van der Waals surface area contributed by atoms with Crippen molar-refractivity contribution in [3.8, 4) is 11.3 Å². The fraction of sp³-hybridized carbons (Fsp3) is 0.200. The SMILES string of the molecule is CCc1nc(-c2ccsc2)cc(=O)[nH]1. The van der Waals surface area contributed by atoms with Crippen molar-refractivity contribution in [2.75, 3.05) is 0 Å². The molecule has 0 aliphatic carbocycles. The highest BCUT2D eigenvalue weighted by Gasteiger charge is 2.02. The minimum atomic E-state index is -0.0851. The minimum Gasteiger partial charge on any atom is -0.311 e. The zero-order chi connectivity index (χ0) is 9.97. The summed E-state index contributed by atoms with van der Waals surface area (Å²) in [5.41, 5.74) is 1.68. The van der Waals surface area contributed by atoms with Crippen LogP contribution in [0.3, 0.4) is 0 Å². The lowest BCUT2D eigenvalue weighted by atomic mass is 10.2. The molecule has 0 fully saturated rings. The van der Waals surface area contributed by atoms with E-state index >= 15 is 0 Å². The molecule has 0 aromatic carbocycles. The number of aromatic nitrogens is 2. The van der Waals surface area contributed by atoms with E-state index in [2.05, 4.69) is 9.97 Å². The molecule has 2 rings (SSSR count). The van der Waals surface area contributed by atoms with E-state index in [4.69, 9.17) is 0 Å². The monoisotopic (exact) mass is 206 g/mol. The summed E-state index contributed by atoms with van der Waals surface area (Å²) >= 11 is 1.60. The van der Waals surface area contributed by atoms with Crippen LogP contribution in [0, 0.1) is 0 Å². The Labute approximate surface area is 85.5 Å². The third-order valence-electron chi connectivity index (χ3n) is 1.94. The molecule has 0 radical (unpaired) electrons. The number of thiophene rings is 1. The molecule has 1 N–H and O–H groups in total. The molecule has 2 heterocycles. The third-order valence-corrected chi connectivity index (χ3v) is 2.63. The van der Waals surface area contributed by atoms with Crippen molar-refractivity contribution in [2.24, 2.45) is 0 Å². The highest BCUT2D eigenvalue weighted by molar-refractivity contribution is 7.08. The van der Waals surface area contributed by atoms with E-state index in [9.17, 15) is 4.79 Å². The van der Waals surface area contributed by atoms with Gasteiger partial charge in [-0.15, -0.1) is 0 Å². The van der Waals surface area contributed by atoms with Crippen LogP contribution in [0.5, 0.6) is 0 Å². The Kier molecular flexibility index (Phi) is 2.45. The second-order valence-corrected chi connectivity index (χ2v) is 3.72. The molecule has 0 saturated carbocycles. The van der Waals surface area contributed by atoms with E-state index in [1.54, 1.807) is 11.3 Å². The molecule has 14 heavy (non-hydrogen) atoms. The Morgan fingerprint density at radius 1 is 1.57 bits per heavy atom. The van der Waals surface area contributed by atoms with Gasteiger partial charge in [0.25, 0.3) is 5.56 Å². The van der Waals surface area contributed by atoms with Crippen LogP contribution in [-0.2, 0) is 6.42 Å². The number of hydrogen-bond acceptors (Lipinski definition) is 3. The molecule has 0 bridgehead atoms. The Balaban J connectivity index is 2.54. The van der Waals surface area contributed by atoms with E-state index < -0.39 is 0 Å². The molecule has 72 valence electrons. The number of aromatic amines is 1. The molecule has 4 heteroatoms. The van der Waals surface area contributed by atoms with Crippen molar-refractivity contribution in [2.45, 2.75) is 13.3 Å². The highest BCUT2D eigenvalue weighted by Crippen LogP contribution is 2.18. The molecule has 0 atom stereocenters. The van der Waals surface area contributed by atoms with Crippen LogP contribution in [-0.4, -0.2) is 9.97 Å². The average Bonchev–Trinajstić information content (AvgIpc) is 2.69. The molecule has 0 saturated heterocycles. The van der Waals surface area contributed by atoms with Crippen LogP contribution in [0.25, 0.3) is 11.3 Å². The second kappa shape index (κ2) is 3.75. The summed E-state index contributed by atoms with van der Waals surface area (Å²) in [5, 5.41) is 3.96. The zero-order valence-corrected chi connectivity index (χ0v) is 8.60. The van der Waals surface area contributed by atoms with Gasteiger partial charge in [0, 0.05) is 23.4 Å². The number of rotatable bonds is 2. The summed E-state index contributed by atoms with van der Waals surface area (Å²) in [6, 6.07) is 3.49. The third kappa shape index (κ3) is 1.75. The Morgan fingerprint density at radius 3 is 3.07 bits per heavy atom. The van der Waals surface area contributed by atoms with Crippen LogP contribution in [0.1, 0.15) is 12.7 Å². The fourth-order valence-corrected chi connectivity index (χ4v) is 1.88. The first-order chi connectivity index (χ1) is 6.79. The highest BCUT2D eigenvalue weighted by atomic mass is 32.1. The van der Waals surface area contributed by atoms with E-state index in [0.29, 0.717) is 0 Å². The maximum atomic E-state index is 11.3. The summed E-state index contributed by atoms with van der Waals surface area (Å²) < 4.78 is 0. The van der Waals surface area contributed by atoms with E-state index in [1.807, 2.05) is 23.8 Å². The predicted molar refractivity (Wildman–Crippen MR) is 57.5 cm³/mol. The molecule has 0 aliphatic rings. The normalized spacial score (nSPS) is 10.4. The molecule has 2 aromatic heterocycles. The smallest absolute Gasteiger partial charge is 0.251 e. The van der Waals surface area contributed by atoms with E-state index in [1.165, 1.54) is 6.07 Å². The Bertz CT molecular complexity index is 473. The van der Waals surface area contributed by atoms with Crippen molar-refractivity contribution in [3.63, 3.8) is 0 Å². The first kappa shape index (κ1) is 9.15. The number of aryl methyl sites for hydroxylation is 1. The molecule has 0 spiro atoms. The molecule has 2 aromatic rings. The summed E-state index contributed by atoms with van der Waals surface area (Å²) in [6.45, 7) is 1.97. The van der Waals surface area contributed by atoms with Gasteiger partial charge in [-0.05, 0) is 11.4 Å². The maximum absolute atomic E-state index is 11.3. The lowest BCUT2D eigenvalue weighted by Crippen LogP contribution is -2.10. The van der Waals surface area contributed by atoms with Gasteiger partial charge in [-0.3, -0.25) is 4.79 Å². The van der Waals surface area contributed by atoms with Crippen molar-refractivity contribution >= 4 is 11.3 Å². The molecule has 3 nitrogen and oxygen atoms in total. The molecule has 0 unspecified atom stereocenters. The summed E-state index contributed by atoms with van der Waals surface area (Å²) in [5.74, 6) is 0.735. The first-order valence-corrected chi connectivity index (χ1v) is 5.36. The Hall–Kier alpha value is -1.42. The molecule has 0 aliphatic heterocycles. The summed E-state index contributed by atoms with van der Waals surface area (Å²) in [6.07, 6.45) is 0.743. The van der Waals surface area contributed by atoms with Crippen LogP contribution in [0.4, 0.5) is 0 Å².